The lowest BCUT2D eigenvalue weighted by atomic mass is 9.95. The minimum absolute atomic E-state index is 0.00843. The molecule has 2 N–H and O–H groups in total. The van der Waals surface area contributed by atoms with Crippen LogP contribution in [0.3, 0.4) is 0 Å². The SMILES string of the molecule is CCc1c(O)[nH]c(=O)n(C2CCCCC2)c1=O. The van der Waals surface area contributed by atoms with Crippen molar-refractivity contribution in [2.24, 2.45) is 0 Å². The summed E-state index contributed by atoms with van der Waals surface area (Å²) in [6.07, 6.45) is 5.45. The number of aromatic hydroxyl groups is 1. The Bertz CT molecular complexity index is 509. The van der Waals surface area contributed by atoms with Gasteiger partial charge in [-0.15, -0.1) is 0 Å². The zero-order chi connectivity index (χ0) is 12.4. The van der Waals surface area contributed by atoms with E-state index in [2.05, 4.69) is 4.98 Å². The first-order chi connectivity index (χ1) is 8.15. The number of hydrogen-bond donors (Lipinski definition) is 2. The van der Waals surface area contributed by atoms with Gasteiger partial charge < -0.3 is 5.11 Å². The summed E-state index contributed by atoms with van der Waals surface area (Å²) in [5.74, 6) is -0.283. The van der Waals surface area contributed by atoms with Crippen LogP contribution in [-0.4, -0.2) is 14.7 Å². The first-order valence-corrected chi connectivity index (χ1v) is 6.21. The molecule has 2 rings (SSSR count). The third-order valence-corrected chi connectivity index (χ3v) is 3.50. The molecule has 0 aliphatic heterocycles. The van der Waals surface area contributed by atoms with Gasteiger partial charge in [0, 0.05) is 6.04 Å². The minimum atomic E-state index is -0.489. The van der Waals surface area contributed by atoms with Crippen molar-refractivity contribution in [2.75, 3.05) is 0 Å². The Balaban J connectivity index is 2.53. The van der Waals surface area contributed by atoms with Gasteiger partial charge in [0.1, 0.15) is 0 Å². The van der Waals surface area contributed by atoms with Gasteiger partial charge in [-0.1, -0.05) is 26.2 Å². The first kappa shape index (κ1) is 12.0. The maximum atomic E-state index is 12.1. The molecule has 0 amide bonds. The summed E-state index contributed by atoms with van der Waals surface area (Å²) in [7, 11) is 0. The lowest BCUT2D eigenvalue weighted by Crippen LogP contribution is -2.40. The lowest BCUT2D eigenvalue weighted by Gasteiger charge is -2.23. The monoisotopic (exact) mass is 238 g/mol. The summed E-state index contributed by atoms with van der Waals surface area (Å²) in [5.41, 5.74) is -0.521. The molecule has 0 unspecified atom stereocenters. The summed E-state index contributed by atoms with van der Waals surface area (Å²) >= 11 is 0. The number of aromatic amines is 1. The number of aromatic nitrogens is 2. The first-order valence-electron chi connectivity index (χ1n) is 6.21. The minimum Gasteiger partial charge on any atom is -0.494 e. The molecule has 0 bridgehead atoms. The summed E-state index contributed by atoms with van der Waals surface area (Å²) in [6, 6.07) is -0.00843. The van der Waals surface area contributed by atoms with Gasteiger partial charge in [0.15, 0.2) is 0 Å². The quantitative estimate of drug-likeness (QED) is 0.815. The molecule has 1 saturated carbocycles. The largest absolute Gasteiger partial charge is 0.494 e. The van der Waals surface area contributed by atoms with Crippen molar-refractivity contribution in [1.82, 2.24) is 9.55 Å². The molecule has 0 spiro atoms. The molecular formula is C12H18N2O3. The highest BCUT2D eigenvalue weighted by Crippen LogP contribution is 2.26. The smallest absolute Gasteiger partial charge is 0.331 e. The van der Waals surface area contributed by atoms with Crippen molar-refractivity contribution < 1.29 is 5.11 Å². The van der Waals surface area contributed by atoms with E-state index in [0.717, 1.165) is 25.7 Å². The van der Waals surface area contributed by atoms with E-state index in [-0.39, 0.29) is 17.5 Å². The standard InChI is InChI=1S/C12H18N2O3/c1-2-9-10(15)13-12(17)14(11(9)16)8-6-4-3-5-7-8/h8,15H,2-7H2,1H3,(H,13,17). The van der Waals surface area contributed by atoms with Gasteiger partial charge in [-0.2, -0.15) is 0 Å². The van der Waals surface area contributed by atoms with Crippen molar-refractivity contribution >= 4 is 0 Å². The Hall–Kier alpha value is -1.52. The lowest BCUT2D eigenvalue weighted by molar-refractivity contribution is 0.329. The maximum Gasteiger partial charge on any atom is 0.331 e. The predicted octanol–water partition coefficient (Wildman–Crippen LogP) is 1.31. The van der Waals surface area contributed by atoms with Crippen LogP contribution in [0.1, 0.15) is 50.6 Å². The van der Waals surface area contributed by atoms with Gasteiger partial charge in [-0.05, 0) is 19.3 Å². The summed E-state index contributed by atoms with van der Waals surface area (Å²) in [6.45, 7) is 1.79. The Morgan fingerprint density at radius 1 is 1.29 bits per heavy atom. The fourth-order valence-corrected chi connectivity index (χ4v) is 2.57. The maximum absolute atomic E-state index is 12.1. The van der Waals surface area contributed by atoms with E-state index in [1.807, 2.05) is 0 Å². The third kappa shape index (κ3) is 2.14. The molecule has 0 saturated heterocycles. The number of H-pyrrole nitrogens is 1. The van der Waals surface area contributed by atoms with Crippen LogP contribution < -0.4 is 11.2 Å². The van der Waals surface area contributed by atoms with E-state index in [1.165, 1.54) is 11.0 Å². The van der Waals surface area contributed by atoms with E-state index in [4.69, 9.17) is 0 Å². The van der Waals surface area contributed by atoms with Gasteiger partial charge in [0.25, 0.3) is 5.56 Å². The van der Waals surface area contributed by atoms with Crippen molar-refractivity contribution in [3.8, 4) is 5.88 Å². The molecule has 94 valence electrons. The second kappa shape index (κ2) is 4.77. The average Bonchev–Trinajstić information content (AvgIpc) is 2.30. The highest BCUT2D eigenvalue weighted by molar-refractivity contribution is 5.21. The molecule has 0 radical (unpaired) electrons. The number of nitrogens with one attached hydrogen (secondary N) is 1. The van der Waals surface area contributed by atoms with E-state index < -0.39 is 5.69 Å². The van der Waals surface area contributed by atoms with Crippen LogP contribution in [0, 0.1) is 0 Å². The second-order valence-corrected chi connectivity index (χ2v) is 4.58. The summed E-state index contributed by atoms with van der Waals surface area (Å²) in [5, 5.41) is 9.53. The molecule has 1 heterocycles. The molecule has 5 heteroatoms. The van der Waals surface area contributed by atoms with Crippen LogP contribution in [0.4, 0.5) is 0 Å². The van der Waals surface area contributed by atoms with Crippen LogP contribution in [0.2, 0.25) is 0 Å². The fourth-order valence-electron chi connectivity index (χ4n) is 2.57. The zero-order valence-corrected chi connectivity index (χ0v) is 10.0. The molecule has 1 aromatic heterocycles. The summed E-state index contributed by atoms with van der Waals surface area (Å²) in [4.78, 5) is 26.3. The van der Waals surface area contributed by atoms with Crippen LogP contribution in [-0.2, 0) is 6.42 Å². The number of nitrogens with zero attached hydrogens (tertiary/aromatic N) is 1. The highest BCUT2D eigenvalue weighted by Gasteiger charge is 2.21. The second-order valence-electron chi connectivity index (χ2n) is 4.58. The van der Waals surface area contributed by atoms with Crippen LogP contribution in [0.25, 0.3) is 0 Å². The molecule has 1 aliphatic rings. The van der Waals surface area contributed by atoms with Crippen molar-refractivity contribution in [3.05, 3.63) is 26.4 Å². The fraction of sp³-hybridized carbons (Fsp3) is 0.667. The Morgan fingerprint density at radius 2 is 1.94 bits per heavy atom. The molecule has 0 aromatic carbocycles. The van der Waals surface area contributed by atoms with E-state index in [9.17, 15) is 14.7 Å². The highest BCUT2D eigenvalue weighted by atomic mass is 16.3. The Kier molecular flexibility index (Phi) is 3.36. The van der Waals surface area contributed by atoms with Gasteiger partial charge in [-0.3, -0.25) is 14.3 Å². The van der Waals surface area contributed by atoms with Gasteiger partial charge in [-0.25, -0.2) is 4.79 Å². The molecule has 0 atom stereocenters. The van der Waals surface area contributed by atoms with Gasteiger partial charge in [0.2, 0.25) is 5.88 Å². The van der Waals surface area contributed by atoms with Crippen LogP contribution in [0.15, 0.2) is 9.59 Å². The molecule has 1 aromatic rings. The molecular weight excluding hydrogens is 220 g/mol. The van der Waals surface area contributed by atoms with E-state index >= 15 is 0 Å². The zero-order valence-electron chi connectivity index (χ0n) is 10.0. The Labute approximate surface area is 99.1 Å². The van der Waals surface area contributed by atoms with E-state index in [0.29, 0.717) is 12.0 Å². The van der Waals surface area contributed by atoms with Crippen LogP contribution >= 0.6 is 0 Å². The third-order valence-electron chi connectivity index (χ3n) is 3.50. The van der Waals surface area contributed by atoms with Crippen molar-refractivity contribution in [1.29, 1.82) is 0 Å². The average molecular weight is 238 g/mol. The van der Waals surface area contributed by atoms with Crippen molar-refractivity contribution in [3.63, 3.8) is 0 Å². The Morgan fingerprint density at radius 3 is 2.53 bits per heavy atom. The van der Waals surface area contributed by atoms with E-state index in [1.54, 1.807) is 6.92 Å². The molecule has 1 fully saturated rings. The molecule has 1 aliphatic carbocycles. The van der Waals surface area contributed by atoms with Crippen LogP contribution in [0.5, 0.6) is 5.88 Å². The van der Waals surface area contributed by atoms with Gasteiger partial charge >= 0.3 is 5.69 Å². The number of hydrogen-bond acceptors (Lipinski definition) is 3. The number of rotatable bonds is 2. The summed E-state index contributed by atoms with van der Waals surface area (Å²) < 4.78 is 1.29. The van der Waals surface area contributed by atoms with Crippen molar-refractivity contribution in [2.45, 2.75) is 51.5 Å². The van der Waals surface area contributed by atoms with Gasteiger partial charge in [0.05, 0.1) is 5.56 Å². The predicted molar refractivity (Wildman–Crippen MR) is 64.5 cm³/mol. The topological polar surface area (TPSA) is 75.1 Å². The molecule has 5 nitrogen and oxygen atoms in total. The normalized spacial score (nSPS) is 17.2. The molecule has 17 heavy (non-hydrogen) atoms.